The van der Waals surface area contributed by atoms with Gasteiger partial charge in [-0.05, 0) is 42.2 Å². The molecule has 1 heterocycles. The zero-order chi connectivity index (χ0) is 12.1. The number of carbonyl (C=O) groups is 1. The van der Waals surface area contributed by atoms with E-state index in [-0.39, 0.29) is 5.92 Å². The lowest BCUT2D eigenvalue weighted by molar-refractivity contribution is -0.109. The normalized spacial score (nSPS) is 12.1. The van der Waals surface area contributed by atoms with E-state index in [1.165, 1.54) is 11.1 Å². The van der Waals surface area contributed by atoms with Crippen LogP contribution in [-0.4, -0.2) is 11.3 Å². The quantitative estimate of drug-likeness (QED) is 0.749. The van der Waals surface area contributed by atoms with E-state index in [9.17, 15) is 4.79 Å². The summed E-state index contributed by atoms with van der Waals surface area (Å²) in [5.74, 6) is -0.0842. The minimum absolute atomic E-state index is 0.0842. The first-order chi connectivity index (χ1) is 8.31. The fourth-order valence-electron chi connectivity index (χ4n) is 1.93. The summed E-state index contributed by atoms with van der Waals surface area (Å²) in [6, 6.07) is 12.0. The van der Waals surface area contributed by atoms with E-state index in [1.54, 1.807) is 12.4 Å². The molecule has 1 aromatic heterocycles. The van der Waals surface area contributed by atoms with Crippen molar-refractivity contribution in [3.8, 4) is 0 Å². The molecule has 0 amide bonds. The molecule has 0 spiro atoms. The molecule has 2 aromatic rings. The third-order valence-electron chi connectivity index (χ3n) is 3.00. The molecule has 0 saturated carbocycles. The van der Waals surface area contributed by atoms with Crippen LogP contribution in [0.25, 0.3) is 0 Å². The van der Waals surface area contributed by atoms with Crippen LogP contribution in [-0.2, 0) is 11.2 Å². The molecule has 2 rings (SSSR count). The number of aryl methyl sites for hydroxylation is 1. The van der Waals surface area contributed by atoms with Gasteiger partial charge < -0.3 is 4.79 Å². The van der Waals surface area contributed by atoms with Gasteiger partial charge in [0.1, 0.15) is 6.29 Å². The van der Waals surface area contributed by atoms with Crippen molar-refractivity contribution in [2.45, 2.75) is 19.3 Å². The average Bonchev–Trinajstić information content (AvgIpc) is 2.39. The van der Waals surface area contributed by atoms with Gasteiger partial charge in [0.05, 0.1) is 0 Å². The van der Waals surface area contributed by atoms with Gasteiger partial charge in [-0.3, -0.25) is 4.98 Å². The maximum atomic E-state index is 11.2. The molecular weight excluding hydrogens is 210 g/mol. The molecule has 0 bridgehead atoms. The van der Waals surface area contributed by atoms with Crippen molar-refractivity contribution in [3.05, 3.63) is 65.5 Å². The predicted molar refractivity (Wildman–Crippen MR) is 67.9 cm³/mol. The number of carbonyl (C=O) groups excluding carboxylic acids is 1. The van der Waals surface area contributed by atoms with Crippen molar-refractivity contribution < 1.29 is 4.79 Å². The Morgan fingerprint density at radius 3 is 2.53 bits per heavy atom. The summed E-state index contributed by atoms with van der Waals surface area (Å²) in [4.78, 5) is 15.2. The van der Waals surface area contributed by atoms with E-state index in [2.05, 4.69) is 24.0 Å². The maximum Gasteiger partial charge on any atom is 0.127 e. The van der Waals surface area contributed by atoms with E-state index in [0.717, 1.165) is 18.3 Å². The lowest BCUT2D eigenvalue weighted by atomic mass is 9.92. The predicted octanol–water partition coefficient (Wildman–Crippen LogP) is 2.92. The van der Waals surface area contributed by atoms with E-state index >= 15 is 0 Å². The van der Waals surface area contributed by atoms with Crippen LogP contribution in [0.1, 0.15) is 22.6 Å². The Kier molecular flexibility index (Phi) is 3.66. The molecule has 86 valence electrons. The summed E-state index contributed by atoms with van der Waals surface area (Å²) in [7, 11) is 0. The van der Waals surface area contributed by atoms with Gasteiger partial charge >= 0.3 is 0 Å². The number of aromatic nitrogens is 1. The number of hydrogen-bond acceptors (Lipinski definition) is 2. The number of nitrogens with zero attached hydrogens (tertiary/aromatic N) is 1. The summed E-state index contributed by atoms with van der Waals surface area (Å²) in [5.41, 5.74) is 3.48. The summed E-state index contributed by atoms with van der Waals surface area (Å²) >= 11 is 0. The zero-order valence-electron chi connectivity index (χ0n) is 9.84. The molecule has 1 unspecified atom stereocenters. The van der Waals surface area contributed by atoms with Gasteiger partial charge in [-0.25, -0.2) is 0 Å². The molecular formula is C15H15NO. The fraction of sp³-hybridized carbons (Fsp3) is 0.200. The molecule has 2 heteroatoms. The summed E-state index contributed by atoms with van der Waals surface area (Å²) in [6.07, 6.45) is 5.22. The van der Waals surface area contributed by atoms with Crippen molar-refractivity contribution in [1.82, 2.24) is 4.98 Å². The largest absolute Gasteiger partial charge is 0.303 e. The number of benzene rings is 1. The Hall–Kier alpha value is -1.96. The third-order valence-corrected chi connectivity index (χ3v) is 3.00. The van der Waals surface area contributed by atoms with Crippen LogP contribution in [0.3, 0.4) is 0 Å². The highest BCUT2D eigenvalue weighted by Gasteiger charge is 2.11. The highest BCUT2D eigenvalue weighted by molar-refractivity contribution is 5.62. The monoisotopic (exact) mass is 225 g/mol. The standard InChI is InChI=1S/C15H15NO/c1-12-4-2-3-5-14(12)10-15(11-17)13-6-8-16-9-7-13/h2-9,11,15H,10H2,1H3. The number of pyridine rings is 1. The first kappa shape index (κ1) is 11.5. The molecule has 0 N–H and O–H groups in total. The fourth-order valence-corrected chi connectivity index (χ4v) is 1.93. The van der Waals surface area contributed by atoms with Crippen LogP contribution in [0.5, 0.6) is 0 Å². The van der Waals surface area contributed by atoms with Gasteiger partial charge in [-0.2, -0.15) is 0 Å². The lowest BCUT2D eigenvalue weighted by Crippen LogP contribution is -2.05. The van der Waals surface area contributed by atoms with E-state index < -0.39 is 0 Å². The SMILES string of the molecule is Cc1ccccc1CC(C=O)c1ccncc1. The van der Waals surface area contributed by atoms with Gasteiger partial charge in [-0.15, -0.1) is 0 Å². The summed E-state index contributed by atoms with van der Waals surface area (Å²) < 4.78 is 0. The van der Waals surface area contributed by atoms with Crippen LogP contribution >= 0.6 is 0 Å². The molecule has 0 aliphatic rings. The third kappa shape index (κ3) is 2.78. The maximum absolute atomic E-state index is 11.2. The minimum atomic E-state index is -0.0842. The van der Waals surface area contributed by atoms with Crippen molar-refractivity contribution >= 4 is 6.29 Å². The molecule has 0 fully saturated rings. The van der Waals surface area contributed by atoms with Gasteiger partial charge in [0.2, 0.25) is 0 Å². The highest BCUT2D eigenvalue weighted by atomic mass is 16.1. The van der Waals surface area contributed by atoms with Gasteiger partial charge in [0.15, 0.2) is 0 Å². The molecule has 0 aliphatic heterocycles. The molecule has 0 saturated heterocycles. The van der Waals surface area contributed by atoms with Crippen LogP contribution < -0.4 is 0 Å². The zero-order valence-corrected chi connectivity index (χ0v) is 9.84. The Labute approximate surface area is 101 Å². The lowest BCUT2D eigenvalue weighted by Gasteiger charge is -2.12. The molecule has 0 aliphatic carbocycles. The first-order valence-electron chi connectivity index (χ1n) is 5.71. The Bertz CT molecular complexity index is 493. The van der Waals surface area contributed by atoms with Crippen LogP contribution in [0, 0.1) is 6.92 Å². The van der Waals surface area contributed by atoms with Gasteiger partial charge in [0.25, 0.3) is 0 Å². The second-order valence-electron chi connectivity index (χ2n) is 4.15. The second-order valence-corrected chi connectivity index (χ2v) is 4.15. The number of rotatable bonds is 4. The van der Waals surface area contributed by atoms with Crippen LogP contribution in [0.15, 0.2) is 48.8 Å². The number of aldehydes is 1. The highest BCUT2D eigenvalue weighted by Crippen LogP contribution is 2.20. The van der Waals surface area contributed by atoms with E-state index in [1.807, 2.05) is 24.3 Å². The van der Waals surface area contributed by atoms with Crippen molar-refractivity contribution in [1.29, 1.82) is 0 Å². The minimum Gasteiger partial charge on any atom is -0.303 e. The summed E-state index contributed by atoms with van der Waals surface area (Å²) in [5, 5.41) is 0. The Morgan fingerprint density at radius 1 is 1.18 bits per heavy atom. The second kappa shape index (κ2) is 5.39. The topological polar surface area (TPSA) is 30.0 Å². The number of hydrogen-bond donors (Lipinski definition) is 0. The van der Waals surface area contributed by atoms with Gasteiger partial charge in [0, 0.05) is 18.3 Å². The first-order valence-corrected chi connectivity index (χ1v) is 5.71. The Morgan fingerprint density at radius 2 is 1.88 bits per heavy atom. The van der Waals surface area contributed by atoms with Crippen LogP contribution in [0.4, 0.5) is 0 Å². The van der Waals surface area contributed by atoms with Gasteiger partial charge in [-0.1, -0.05) is 24.3 Å². The van der Waals surface area contributed by atoms with Crippen molar-refractivity contribution in [2.75, 3.05) is 0 Å². The smallest absolute Gasteiger partial charge is 0.127 e. The molecule has 1 aromatic carbocycles. The Balaban J connectivity index is 2.22. The molecule has 0 radical (unpaired) electrons. The van der Waals surface area contributed by atoms with Crippen LogP contribution in [0.2, 0.25) is 0 Å². The van der Waals surface area contributed by atoms with Crippen molar-refractivity contribution in [2.24, 2.45) is 0 Å². The summed E-state index contributed by atoms with van der Waals surface area (Å²) in [6.45, 7) is 2.07. The van der Waals surface area contributed by atoms with E-state index in [0.29, 0.717) is 0 Å². The van der Waals surface area contributed by atoms with E-state index in [4.69, 9.17) is 0 Å². The average molecular weight is 225 g/mol. The molecule has 1 atom stereocenters. The molecule has 2 nitrogen and oxygen atoms in total. The van der Waals surface area contributed by atoms with Crippen molar-refractivity contribution in [3.63, 3.8) is 0 Å². The molecule has 17 heavy (non-hydrogen) atoms.